The molecular formula is C18H28N2O3. The van der Waals surface area contributed by atoms with Gasteiger partial charge in [-0.2, -0.15) is 0 Å². The molecule has 1 aliphatic heterocycles. The summed E-state index contributed by atoms with van der Waals surface area (Å²) in [5.74, 6) is 1.19. The number of aliphatic hydroxyl groups is 1. The Bertz CT molecular complexity index is 511. The molecule has 2 amide bonds. The topological polar surface area (TPSA) is 61.8 Å². The van der Waals surface area contributed by atoms with E-state index < -0.39 is 0 Å². The Kier molecular flexibility index (Phi) is 6.71. The van der Waals surface area contributed by atoms with Crippen molar-refractivity contribution in [1.29, 1.82) is 0 Å². The molecule has 1 aromatic carbocycles. The van der Waals surface area contributed by atoms with Gasteiger partial charge in [0.15, 0.2) is 0 Å². The maximum absolute atomic E-state index is 12.3. The average Bonchev–Trinajstić information content (AvgIpc) is 2.58. The predicted octanol–water partition coefficient (Wildman–Crippen LogP) is 2.70. The molecule has 0 radical (unpaired) electrons. The van der Waals surface area contributed by atoms with Crippen LogP contribution >= 0.6 is 0 Å². The van der Waals surface area contributed by atoms with Gasteiger partial charge in [-0.15, -0.1) is 0 Å². The Morgan fingerprint density at radius 2 is 2.13 bits per heavy atom. The Morgan fingerprint density at radius 1 is 1.39 bits per heavy atom. The van der Waals surface area contributed by atoms with Crippen molar-refractivity contribution in [2.75, 3.05) is 26.3 Å². The minimum Gasteiger partial charge on any atom is -0.493 e. The molecule has 23 heavy (non-hydrogen) atoms. The molecule has 0 spiro atoms. The van der Waals surface area contributed by atoms with E-state index in [-0.39, 0.29) is 12.6 Å². The molecular weight excluding hydrogens is 292 g/mol. The minimum absolute atomic E-state index is 0.0385. The van der Waals surface area contributed by atoms with E-state index in [2.05, 4.69) is 12.2 Å². The molecule has 1 aromatic rings. The van der Waals surface area contributed by atoms with E-state index in [0.29, 0.717) is 32.2 Å². The molecule has 128 valence electrons. The molecule has 5 heteroatoms. The fraction of sp³-hybridized carbons (Fsp3) is 0.611. The number of hydrogen-bond donors (Lipinski definition) is 2. The lowest BCUT2D eigenvalue weighted by Crippen LogP contribution is -2.44. The number of benzene rings is 1. The van der Waals surface area contributed by atoms with Crippen molar-refractivity contribution in [1.82, 2.24) is 10.2 Å². The third-order valence-corrected chi connectivity index (χ3v) is 4.27. The Morgan fingerprint density at radius 3 is 2.78 bits per heavy atom. The normalized spacial score (nSPS) is 15.5. The molecule has 5 nitrogen and oxygen atoms in total. The smallest absolute Gasteiger partial charge is 0.317 e. The van der Waals surface area contributed by atoms with Crippen LogP contribution in [0.15, 0.2) is 18.2 Å². The van der Waals surface area contributed by atoms with E-state index in [4.69, 9.17) is 9.84 Å². The van der Waals surface area contributed by atoms with Crippen LogP contribution in [-0.2, 0) is 6.54 Å². The van der Waals surface area contributed by atoms with E-state index in [9.17, 15) is 4.79 Å². The summed E-state index contributed by atoms with van der Waals surface area (Å²) < 4.78 is 5.78. The minimum atomic E-state index is -0.0385. The molecule has 1 saturated heterocycles. The fourth-order valence-electron chi connectivity index (χ4n) is 2.76. The van der Waals surface area contributed by atoms with Crippen molar-refractivity contribution in [3.8, 4) is 5.75 Å². The van der Waals surface area contributed by atoms with Gasteiger partial charge in [0.25, 0.3) is 0 Å². The average molecular weight is 320 g/mol. The van der Waals surface area contributed by atoms with E-state index in [0.717, 1.165) is 36.1 Å². The number of carbonyl (C=O) groups is 1. The number of urea groups is 1. The number of rotatable bonds is 6. The van der Waals surface area contributed by atoms with Crippen molar-refractivity contribution in [2.45, 2.75) is 39.7 Å². The molecule has 1 fully saturated rings. The summed E-state index contributed by atoms with van der Waals surface area (Å²) in [5.41, 5.74) is 2.15. The molecule has 0 saturated carbocycles. The Hall–Kier alpha value is -1.75. The molecule has 1 heterocycles. The molecule has 1 aliphatic rings. The number of amides is 2. The van der Waals surface area contributed by atoms with Gasteiger partial charge in [-0.1, -0.05) is 19.1 Å². The summed E-state index contributed by atoms with van der Waals surface area (Å²) in [5, 5.41) is 12.1. The number of piperidine rings is 1. The summed E-state index contributed by atoms with van der Waals surface area (Å²) >= 11 is 0. The van der Waals surface area contributed by atoms with Crippen LogP contribution in [0.2, 0.25) is 0 Å². The van der Waals surface area contributed by atoms with Crippen LogP contribution in [0.3, 0.4) is 0 Å². The lowest BCUT2D eigenvalue weighted by Gasteiger charge is -2.31. The molecule has 2 N–H and O–H groups in total. The van der Waals surface area contributed by atoms with Gasteiger partial charge in [-0.05, 0) is 43.7 Å². The van der Waals surface area contributed by atoms with Crippen molar-refractivity contribution < 1.29 is 14.6 Å². The second kappa shape index (κ2) is 8.77. The SMILES string of the molecule is CCCOc1cc(C)ccc1CNC(=O)N1CCC(CO)CC1. The predicted molar refractivity (Wildman–Crippen MR) is 90.6 cm³/mol. The van der Waals surface area contributed by atoms with Crippen molar-refractivity contribution in [3.63, 3.8) is 0 Å². The molecule has 0 aliphatic carbocycles. The maximum atomic E-state index is 12.3. The molecule has 0 aromatic heterocycles. The third kappa shape index (κ3) is 5.13. The van der Waals surface area contributed by atoms with Crippen LogP contribution in [0, 0.1) is 12.8 Å². The van der Waals surface area contributed by atoms with Gasteiger partial charge >= 0.3 is 6.03 Å². The van der Waals surface area contributed by atoms with Crippen LogP contribution in [0.1, 0.15) is 37.3 Å². The number of aryl methyl sites for hydroxylation is 1. The van der Waals surface area contributed by atoms with Gasteiger partial charge in [0.05, 0.1) is 6.61 Å². The van der Waals surface area contributed by atoms with Gasteiger partial charge in [0, 0.05) is 31.8 Å². The van der Waals surface area contributed by atoms with Crippen LogP contribution in [0.5, 0.6) is 5.75 Å². The first-order valence-electron chi connectivity index (χ1n) is 8.50. The van der Waals surface area contributed by atoms with Crippen LogP contribution in [0.4, 0.5) is 4.79 Å². The maximum Gasteiger partial charge on any atom is 0.317 e. The zero-order valence-electron chi connectivity index (χ0n) is 14.2. The standard InChI is InChI=1S/C18H28N2O3/c1-3-10-23-17-11-14(2)4-5-16(17)12-19-18(22)20-8-6-15(13-21)7-9-20/h4-5,11,15,21H,3,6-10,12-13H2,1-2H3,(H,19,22). The Labute approximate surface area is 138 Å². The summed E-state index contributed by atoms with van der Waals surface area (Å²) in [6.07, 6.45) is 2.71. The largest absolute Gasteiger partial charge is 0.493 e. The first-order valence-corrected chi connectivity index (χ1v) is 8.50. The molecule has 0 unspecified atom stereocenters. The van der Waals surface area contributed by atoms with E-state index in [1.54, 1.807) is 0 Å². The van der Waals surface area contributed by atoms with Gasteiger partial charge < -0.3 is 20.1 Å². The summed E-state index contributed by atoms with van der Waals surface area (Å²) in [4.78, 5) is 14.1. The zero-order chi connectivity index (χ0) is 16.7. The van der Waals surface area contributed by atoms with Crippen LogP contribution in [-0.4, -0.2) is 42.3 Å². The van der Waals surface area contributed by atoms with Crippen LogP contribution < -0.4 is 10.1 Å². The highest BCUT2D eigenvalue weighted by Gasteiger charge is 2.22. The summed E-state index contributed by atoms with van der Waals surface area (Å²) in [6.45, 7) is 6.90. The molecule has 0 bridgehead atoms. The summed E-state index contributed by atoms with van der Waals surface area (Å²) in [7, 11) is 0. The second-order valence-corrected chi connectivity index (χ2v) is 6.23. The highest BCUT2D eigenvalue weighted by atomic mass is 16.5. The Balaban J connectivity index is 1.89. The number of ether oxygens (including phenoxy) is 1. The van der Waals surface area contributed by atoms with E-state index in [1.807, 2.05) is 30.0 Å². The first-order chi connectivity index (χ1) is 11.1. The van der Waals surface area contributed by atoms with E-state index in [1.165, 1.54) is 0 Å². The second-order valence-electron chi connectivity index (χ2n) is 6.23. The monoisotopic (exact) mass is 320 g/mol. The number of hydrogen-bond acceptors (Lipinski definition) is 3. The number of nitrogens with one attached hydrogen (secondary N) is 1. The lowest BCUT2D eigenvalue weighted by molar-refractivity contribution is 0.137. The quantitative estimate of drug-likeness (QED) is 0.847. The van der Waals surface area contributed by atoms with Gasteiger partial charge in [0.1, 0.15) is 5.75 Å². The first kappa shape index (κ1) is 17.6. The summed E-state index contributed by atoms with van der Waals surface area (Å²) in [6, 6.07) is 6.03. The lowest BCUT2D eigenvalue weighted by atomic mass is 9.98. The van der Waals surface area contributed by atoms with Crippen molar-refractivity contribution in [3.05, 3.63) is 29.3 Å². The van der Waals surface area contributed by atoms with Gasteiger partial charge in [0.2, 0.25) is 0 Å². The number of likely N-dealkylation sites (tertiary alicyclic amines) is 1. The van der Waals surface area contributed by atoms with Crippen molar-refractivity contribution >= 4 is 6.03 Å². The van der Waals surface area contributed by atoms with Crippen molar-refractivity contribution in [2.24, 2.45) is 5.92 Å². The van der Waals surface area contributed by atoms with Gasteiger partial charge in [-0.25, -0.2) is 4.79 Å². The number of nitrogens with zero attached hydrogens (tertiary/aromatic N) is 1. The molecule has 0 atom stereocenters. The number of aliphatic hydroxyl groups excluding tert-OH is 1. The highest BCUT2D eigenvalue weighted by Crippen LogP contribution is 2.21. The fourth-order valence-corrected chi connectivity index (χ4v) is 2.76. The van der Waals surface area contributed by atoms with Gasteiger partial charge in [-0.3, -0.25) is 0 Å². The number of carbonyl (C=O) groups excluding carboxylic acids is 1. The molecule has 2 rings (SSSR count). The third-order valence-electron chi connectivity index (χ3n) is 4.27. The van der Waals surface area contributed by atoms with Crippen LogP contribution in [0.25, 0.3) is 0 Å². The van der Waals surface area contributed by atoms with E-state index >= 15 is 0 Å². The highest BCUT2D eigenvalue weighted by molar-refractivity contribution is 5.74. The zero-order valence-corrected chi connectivity index (χ0v) is 14.2.